The predicted octanol–water partition coefficient (Wildman–Crippen LogP) is 2.62. The van der Waals surface area contributed by atoms with E-state index in [2.05, 4.69) is 5.32 Å². The third-order valence-corrected chi connectivity index (χ3v) is 6.16. The molecule has 1 saturated heterocycles. The predicted molar refractivity (Wildman–Crippen MR) is 122 cm³/mol. The first-order chi connectivity index (χ1) is 16.0. The standard InChI is InChI=1S/C25H31N3O5/c1-17(23(29)27-32)22(19-11-13-20(33-2)14-12-19)25(31)28-15-7-6-10-21(28)24(30)26-16-18-8-4-3-5-9-18/h3-5,8-9,11-14,17,21-22,32H,6-7,10,15-16H2,1-2H3,(H,26,30)(H,27,29)/t17-,21-,22-/m0/s1. The number of hydroxylamine groups is 1. The number of hydrogen-bond donors (Lipinski definition) is 3. The second-order valence-electron chi connectivity index (χ2n) is 8.26. The molecule has 3 atom stereocenters. The molecule has 3 amide bonds. The summed E-state index contributed by atoms with van der Waals surface area (Å²) in [6.07, 6.45) is 2.18. The van der Waals surface area contributed by atoms with E-state index < -0.39 is 23.8 Å². The van der Waals surface area contributed by atoms with Crippen molar-refractivity contribution in [3.8, 4) is 5.75 Å². The highest BCUT2D eigenvalue weighted by Gasteiger charge is 2.40. The Hall–Kier alpha value is -3.39. The molecule has 1 aliphatic rings. The number of piperidine rings is 1. The van der Waals surface area contributed by atoms with Gasteiger partial charge in [0.1, 0.15) is 11.8 Å². The first-order valence-corrected chi connectivity index (χ1v) is 11.2. The molecule has 8 heteroatoms. The largest absolute Gasteiger partial charge is 0.497 e. The summed E-state index contributed by atoms with van der Waals surface area (Å²) in [7, 11) is 1.55. The molecular formula is C25H31N3O5. The summed E-state index contributed by atoms with van der Waals surface area (Å²) in [6, 6.07) is 15.9. The minimum Gasteiger partial charge on any atom is -0.497 e. The average molecular weight is 454 g/mol. The number of nitrogens with zero attached hydrogens (tertiary/aromatic N) is 1. The van der Waals surface area contributed by atoms with Crippen LogP contribution in [0, 0.1) is 5.92 Å². The Balaban J connectivity index is 1.83. The van der Waals surface area contributed by atoms with Crippen LogP contribution >= 0.6 is 0 Å². The van der Waals surface area contributed by atoms with Crippen molar-refractivity contribution in [3.05, 3.63) is 65.7 Å². The maximum absolute atomic E-state index is 13.8. The van der Waals surface area contributed by atoms with Crippen molar-refractivity contribution < 1.29 is 24.3 Å². The zero-order chi connectivity index (χ0) is 23.8. The van der Waals surface area contributed by atoms with Crippen molar-refractivity contribution in [2.45, 2.75) is 44.7 Å². The Bertz CT molecular complexity index is 948. The van der Waals surface area contributed by atoms with Crippen LogP contribution in [0.2, 0.25) is 0 Å². The van der Waals surface area contributed by atoms with Crippen LogP contribution in [0.3, 0.4) is 0 Å². The second kappa shape index (κ2) is 11.5. The monoisotopic (exact) mass is 453 g/mol. The van der Waals surface area contributed by atoms with E-state index in [0.29, 0.717) is 30.8 Å². The van der Waals surface area contributed by atoms with Crippen molar-refractivity contribution in [2.75, 3.05) is 13.7 Å². The molecule has 0 radical (unpaired) electrons. The third kappa shape index (κ3) is 5.90. The molecule has 2 aromatic rings. The maximum Gasteiger partial charge on any atom is 0.247 e. The molecule has 3 N–H and O–H groups in total. The molecule has 0 unspecified atom stereocenters. The van der Waals surface area contributed by atoms with Gasteiger partial charge in [-0.3, -0.25) is 19.6 Å². The molecule has 0 saturated carbocycles. The number of amides is 3. The molecule has 1 heterocycles. The van der Waals surface area contributed by atoms with Crippen LogP contribution in [0.4, 0.5) is 0 Å². The quantitative estimate of drug-likeness (QED) is 0.421. The second-order valence-corrected chi connectivity index (χ2v) is 8.26. The van der Waals surface area contributed by atoms with Gasteiger partial charge in [-0.15, -0.1) is 0 Å². The van der Waals surface area contributed by atoms with Crippen LogP contribution in [0.5, 0.6) is 5.75 Å². The number of carbonyl (C=O) groups is 3. The maximum atomic E-state index is 13.8. The van der Waals surface area contributed by atoms with Crippen LogP contribution in [-0.2, 0) is 20.9 Å². The lowest BCUT2D eigenvalue weighted by atomic mass is 9.84. The van der Waals surface area contributed by atoms with E-state index in [9.17, 15) is 19.6 Å². The van der Waals surface area contributed by atoms with E-state index in [1.54, 1.807) is 48.7 Å². The highest BCUT2D eigenvalue weighted by molar-refractivity contribution is 5.94. The molecule has 8 nitrogen and oxygen atoms in total. The Morgan fingerprint density at radius 2 is 1.79 bits per heavy atom. The molecule has 1 fully saturated rings. The van der Waals surface area contributed by atoms with E-state index in [1.165, 1.54) is 0 Å². The molecule has 0 aliphatic carbocycles. The van der Waals surface area contributed by atoms with Gasteiger partial charge in [-0.25, -0.2) is 5.48 Å². The first kappa shape index (κ1) is 24.3. The summed E-state index contributed by atoms with van der Waals surface area (Å²) >= 11 is 0. The number of rotatable bonds is 8. The topological polar surface area (TPSA) is 108 Å². The van der Waals surface area contributed by atoms with Gasteiger partial charge < -0.3 is 15.0 Å². The Kier molecular flexibility index (Phi) is 8.43. The molecule has 2 aromatic carbocycles. The van der Waals surface area contributed by atoms with Crippen LogP contribution in [0.25, 0.3) is 0 Å². The minimum atomic E-state index is -0.856. The van der Waals surface area contributed by atoms with Gasteiger partial charge >= 0.3 is 0 Å². The number of methoxy groups -OCH3 is 1. The van der Waals surface area contributed by atoms with E-state index in [1.807, 2.05) is 30.3 Å². The van der Waals surface area contributed by atoms with Gasteiger partial charge in [-0.1, -0.05) is 49.4 Å². The summed E-state index contributed by atoms with van der Waals surface area (Å²) in [5.41, 5.74) is 3.25. The van der Waals surface area contributed by atoms with Gasteiger partial charge in [-0.05, 0) is 42.5 Å². The number of carbonyl (C=O) groups excluding carboxylic acids is 3. The Morgan fingerprint density at radius 3 is 2.42 bits per heavy atom. The number of nitrogens with one attached hydrogen (secondary N) is 2. The van der Waals surface area contributed by atoms with Crippen molar-refractivity contribution in [3.63, 3.8) is 0 Å². The molecule has 33 heavy (non-hydrogen) atoms. The van der Waals surface area contributed by atoms with E-state index in [-0.39, 0.29) is 11.8 Å². The van der Waals surface area contributed by atoms with E-state index in [0.717, 1.165) is 18.4 Å². The fourth-order valence-electron chi connectivity index (χ4n) is 4.26. The zero-order valence-electron chi connectivity index (χ0n) is 19.0. The number of benzene rings is 2. The summed E-state index contributed by atoms with van der Waals surface area (Å²) in [5.74, 6) is -2.25. The normalized spacial score (nSPS) is 17.5. The molecular weight excluding hydrogens is 422 g/mol. The SMILES string of the molecule is COc1ccc([C@@H](C(=O)N2CCCC[C@H]2C(=O)NCc2ccccc2)[C@H](C)C(=O)NO)cc1. The number of likely N-dealkylation sites (tertiary alicyclic amines) is 1. The molecule has 1 aliphatic heterocycles. The van der Waals surface area contributed by atoms with Crippen LogP contribution in [0.1, 0.15) is 43.2 Å². The van der Waals surface area contributed by atoms with Gasteiger partial charge in [-0.2, -0.15) is 0 Å². The van der Waals surface area contributed by atoms with E-state index >= 15 is 0 Å². The number of ether oxygens (including phenoxy) is 1. The van der Waals surface area contributed by atoms with Crippen molar-refractivity contribution >= 4 is 17.7 Å². The summed E-state index contributed by atoms with van der Waals surface area (Å²) in [5, 5.41) is 12.1. The molecule has 0 bridgehead atoms. The number of hydrogen-bond acceptors (Lipinski definition) is 5. The lowest BCUT2D eigenvalue weighted by Crippen LogP contribution is -2.54. The lowest BCUT2D eigenvalue weighted by Gasteiger charge is -2.38. The molecule has 3 rings (SSSR count). The van der Waals surface area contributed by atoms with Gasteiger partial charge in [0.25, 0.3) is 0 Å². The Morgan fingerprint density at radius 1 is 1.09 bits per heavy atom. The van der Waals surface area contributed by atoms with E-state index in [4.69, 9.17) is 4.74 Å². The highest BCUT2D eigenvalue weighted by Crippen LogP contribution is 2.31. The Labute approximate surface area is 193 Å². The first-order valence-electron chi connectivity index (χ1n) is 11.2. The summed E-state index contributed by atoms with van der Waals surface area (Å²) in [6.45, 7) is 2.40. The zero-order valence-corrected chi connectivity index (χ0v) is 19.0. The summed E-state index contributed by atoms with van der Waals surface area (Å²) < 4.78 is 5.20. The van der Waals surface area contributed by atoms with Crippen LogP contribution < -0.4 is 15.5 Å². The molecule has 0 aromatic heterocycles. The fourth-order valence-corrected chi connectivity index (χ4v) is 4.26. The third-order valence-electron chi connectivity index (χ3n) is 6.16. The van der Waals surface area contributed by atoms with Gasteiger partial charge in [0.15, 0.2) is 0 Å². The van der Waals surface area contributed by atoms with Crippen molar-refractivity contribution in [1.82, 2.24) is 15.7 Å². The molecule has 0 spiro atoms. The van der Waals surface area contributed by atoms with Gasteiger partial charge in [0.05, 0.1) is 18.9 Å². The van der Waals surface area contributed by atoms with Gasteiger partial charge in [0, 0.05) is 13.1 Å². The van der Waals surface area contributed by atoms with Crippen molar-refractivity contribution in [1.29, 1.82) is 0 Å². The minimum absolute atomic E-state index is 0.209. The highest BCUT2D eigenvalue weighted by atomic mass is 16.5. The molecule has 176 valence electrons. The fraction of sp³-hybridized carbons (Fsp3) is 0.400. The van der Waals surface area contributed by atoms with Crippen LogP contribution in [-0.4, -0.2) is 47.5 Å². The van der Waals surface area contributed by atoms with Crippen molar-refractivity contribution in [2.24, 2.45) is 5.92 Å². The summed E-state index contributed by atoms with van der Waals surface area (Å²) in [4.78, 5) is 40.7. The van der Waals surface area contributed by atoms with Crippen LogP contribution in [0.15, 0.2) is 54.6 Å². The smallest absolute Gasteiger partial charge is 0.247 e. The van der Waals surface area contributed by atoms with Gasteiger partial charge in [0.2, 0.25) is 17.7 Å². The lowest BCUT2D eigenvalue weighted by molar-refractivity contribution is -0.147. The average Bonchev–Trinajstić information content (AvgIpc) is 2.87.